The summed E-state index contributed by atoms with van der Waals surface area (Å²) in [7, 11) is 1.69. The lowest BCUT2D eigenvalue weighted by Gasteiger charge is -2.22. The summed E-state index contributed by atoms with van der Waals surface area (Å²) < 4.78 is 11.4. The van der Waals surface area contributed by atoms with Crippen LogP contribution in [0, 0.1) is 0 Å². The average molecular weight is 297 g/mol. The van der Waals surface area contributed by atoms with Crippen molar-refractivity contribution in [1.82, 2.24) is 5.32 Å². The van der Waals surface area contributed by atoms with Gasteiger partial charge in [-0.05, 0) is 45.3 Å². The van der Waals surface area contributed by atoms with Gasteiger partial charge in [0, 0.05) is 17.6 Å². The van der Waals surface area contributed by atoms with Gasteiger partial charge in [-0.2, -0.15) is 11.8 Å². The van der Waals surface area contributed by atoms with Crippen molar-refractivity contribution in [3.8, 4) is 11.5 Å². The molecule has 0 aliphatic carbocycles. The zero-order valence-corrected chi connectivity index (χ0v) is 14.1. The molecule has 114 valence electrons. The van der Waals surface area contributed by atoms with Crippen LogP contribution in [0.5, 0.6) is 11.5 Å². The third-order valence-corrected chi connectivity index (χ3v) is 3.53. The topological polar surface area (TPSA) is 30.5 Å². The molecule has 1 N–H and O–H groups in total. The van der Waals surface area contributed by atoms with Crippen LogP contribution in [-0.2, 0) is 6.54 Å². The molecule has 0 spiro atoms. The summed E-state index contributed by atoms with van der Waals surface area (Å²) in [5.41, 5.74) is 1.22. The van der Waals surface area contributed by atoms with Gasteiger partial charge in [-0.15, -0.1) is 0 Å². The SMILES string of the molecule is COc1cccc(CNC(C)(C)C)c1OCCCSC. The molecular weight excluding hydrogens is 270 g/mol. The second-order valence-electron chi connectivity index (χ2n) is 5.75. The number of benzene rings is 1. The normalized spacial score (nSPS) is 11.4. The monoisotopic (exact) mass is 297 g/mol. The molecule has 0 aliphatic rings. The molecule has 3 nitrogen and oxygen atoms in total. The highest BCUT2D eigenvalue weighted by atomic mass is 32.2. The molecule has 0 heterocycles. The highest BCUT2D eigenvalue weighted by molar-refractivity contribution is 7.98. The first-order chi connectivity index (χ1) is 9.48. The fourth-order valence-electron chi connectivity index (χ4n) is 1.76. The number of hydrogen-bond donors (Lipinski definition) is 1. The lowest BCUT2D eigenvalue weighted by molar-refractivity contribution is 0.289. The van der Waals surface area contributed by atoms with E-state index in [4.69, 9.17) is 9.47 Å². The van der Waals surface area contributed by atoms with Gasteiger partial charge in [0.25, 0.3) is 0 Å². The van der Waals surface area contributed by atoms with Gasteiger partial charge in [0.15, 0.2) is 11.5 Å². The standard InChI is InChI=1S/C16H27NO2S/c1-16(2,3)17-12-13-8-6-9-14(18-4)15(13)19-10-7-11-20-5/h6,8-9,17H,7,10-12H2,1-5H3. The van der Waals surface area contributed by atoms with Gasteiger partial charge < -0.3 is 14.8 Å². The summed E-state index contributed by atoms with van der Waals surface area (Å²) in [6.07, 6.45) is 3.16. The molecule has 1 rings (SSSR count). The van der Waals surface area contributed by atoms with Gasteiger partial charge in [0.2, 0.25) is 0 Å². The minimum Gasteiger partial charge on any atom is -0.493 e. The van der Waals surface area contributed by atoms with Gasteiger partial charge >= 0.3 is 0 Å². The minimum atomic E-state index is 0.0825. The highest BCUT2D eigenvalue weighted by Crippen LogP contribution is 2.31. The van der Waals surface area contributed by atoms with Crippen LogP contribution in [0.4, 0.5) is 0 Å². The fraction of sp³-hybridized carbons (Fsp3) is 0.625. The van der Waals surface area contributed by atoms with E-state index >= 15 is 0 Å². The predicted octanol–water partition coefficient (Wildman–Crippen LogP) is 3.72. The highest BCUT2D eigenvalue weighted by Gasteiger charge is 2.14. The van der Waals surface area contributed by atoms with E-state index in [9.17, 15) is 0 Å². The third-order valence-electron chi connectivity index (χ3n) is 2.83. The van der Waals surface area contributed by atoms with E-state index in [0.717, 1.165) is 42.4 Å². The zero-order valence-electron chi connectivity index (χ0n) is 13.3. The molecular formula is C16H27NO2S. The molecule has 0 unspecified atom stereocenters. The summed E-state index contributed by atoms with van der Waals surface area (Å²) in [4.78, 5) is 0. The molecule has 0 radical (unpaired) electrons. The van der Waals surface area contributed by atoms with Gasteiger partial charge in [0.1, 0.15) is 0 Å². The summed E-state index contributed by atoms with van der Waals surface area (Å²) in [6, 6.07) is 6.04. The molecule has 0 saturated carbocycles. The van der Waals surface area contributed by atoms with Crippen molar-refractivity contribution < 1.29 is 9.47 Å². The first kappa shape index (κ1) is 17.2. The van der Waals surface area contributed by atoms with Crippen LogP contribution in [-0.4, -0.2) is 31.3 Å². The third kappa shape index (κ3) is 6.06. The molecule has 20 heavy (non-hydrogen) atoms. The number of ether oxygens (including phenoxy) is 2. The number of nitrogens with one attached hydrogen (secondary N) is 1. The van der Waals surface area contributed by atoms with E-state index in [1.165, 1.54) is 0 Å². The Morgan fingerprint density at radius 1 is 1.25 bits per heavy atom. The maximum atomic E-state index is 5.95. The van der Waals surface area contributed by atoms with Gasteiger partial charge in [0.05, 0.1) is 13.7 Å². The van der Waals surface area contributed by atoms with Crippen LogP contribution in [0.2, 0.25) is 0 Å². The number of para-hydroxylation sites is 1. The predicted molar refractivity (Wildman–Crippen MR) is 88.1 cm³/mol. The Bertz CT molecular complexity index is 402. The maximum Gasteiger partial charge on any atom is 0.165 e. The van der Waals surface area contributed by atoms with Crippen molar-refractivity contribution >= 4 is 11.8 Å². The summed E-state index contributed by atoms with van der Waals surface area (Å²) in [6.45, 7) is 7.98. The lowest BCUT2D eigenvalue weighted by atomic mass is 10.1. The first-order valence-electron chi connectivity index (χ1n) is 7.00. The molecule has 1 aromatic carbocycles. The smallest absolute Gasteiger partial charge is 0.165 e. The molecule has 0 aliphatic heterocycles. The molecule has 1 aromatic rings. The van der Waals surface area contributed by atoms with Crippen molar-refractivity contribution in [2.75, 3.05) is 25.7 Å². The second-order valence-corrected chi connectivity index (χ2v) is 6.73. The van der Waals surface area contributed by atoms with Crippen LogP contribution < -0.4 is 14.8 Å². The minimum absolute atomic E-state index is 0.0825. The van der Waals surface area contributed by atoms with Gasteiger partial charge in [-0.25, -0.2) is 0 Å². The van der Waals surface area contributed by atoms with Crippen molar-refractivity contribution in [1.29, 1.82) is 0 Å². The van der Waals surface area contributed by atoms with Crippen LogP contribution in [0.1, 0.15) is 32.8 Å². The van der Waals surface area contributed by atoms with Crippen molar-refractivity contribution in [3.05, 3.63) is 23.8 Å². The Hall–Kier alpha value is -0.870. The summed E-state index contributed by atoms with van der Waals surface area (Å²) in [5, 5.41) is 3.49. The quantitative estimate of drug-likeness (QED) is 0.741. The molecule has 0 amide bonds. The van der Waals surface area contributed by atoms with Crippen LogP contribution in [0.3, 0.4) is 0 Å². The van der Waals surface area contributed by atoms with E-state index in [1.54, 1.807) is 7.11 Å². The van der Waals surface area contributed by atoms with E-state index in [-0.39, 0.29) is 5.54 Å². The Kier molecular flexibility index (Phi) is 7.24. The number of hydrogen-bond acceptors (Lipinski definition) is 4. The number of thioether (sulfide) groups is 1. The average Bonchev–Trinajstić information content (AvgIpc) is 2.41. The largest absolute Gasteiger partial charge is 0.493 e. The number of methoxy groups -OCH3 is 1. The fourth-order valence-corrected chi connectivity index (χ4v) is 2.17. The molecule has 0 atom stereocenters. The van der Waals surface area contributed by atoms with Crippen LogP contribution in [0.15, 0.2) is 18.2 Å². The lowest BCUT2D eigenvalue weighted by Crippen LogP contribution is -2.35. The Morgan fingerprint density at radius 3 is 2.60 bits per heavy atom. The second kappa shape index (κ2) is 8.42. The molecule has 4 heteroatoms. The molecule has 0 aromatic heterocycles. The van der Waals surface area contributed by atoms with E-state index in [2.05, 4.69) is 38.4 Å². The summed E-state index contributed by atoms with van der Waals surface area (Å²) in [5.74, 6) is 2.79. The maximum absolute atomic E-state index is 5.95. The molecule has 0 bridgehead atoms. The summed E-state index contributed by atoms with van der Waals surface area (Å²) >= 11 is 1.84. The Labute approximate surface area is 127 Å². The van der Waals surface area contributed by atoms with Crippen molar-refractivity contribution in [2.24, 2.45) is 0 Å². The van der Waals surface area contributed by atoms with Crippen molar-refractivity contribution in [2.45, 2.75) is 39.3 Å². The van der Waals surface area contributed by atoms with Gasteiger partial charge in [-0.1, -0.05) is 12.1 Å². The zero-order chi connectivity index (χ0) is 15.0. The first-order valence-corrected chi connectivity index (χ1v) is 8.40. The number of rotatable bonds is 8. The van der Waals surface area contributed by atoms with Crippen LogP contribution >= 0.6 is 11.8 Å². The molecule has 0 saturated heterocycles. The molecule has 0 fully saturated rings. The Balaban J connectivity index is 2.76. The van der Waals surface area contributed by atoms with E-state index in [1.807, 2.05) is 23.9 Å². The Morgan fingerprint density at radius 2 is 2.00 bits per heavy atom. The van der Waals surface area contributed by atoms with E-state index in [0.29, 0.717) is 0 Å². The van der Waals surface area contributed by atoms with E-state index < -0.39 is 0 Å². The van der Waals surface area contributed by atoms with Crippen molar-refractivity contribution in [3.63, 3.8) is 0 Å². The van der Waals surface area contributed by atoms with Gasteiger partial charge in [-0.3, -0.25) is 0 Å². The van der Waals surface area contributed by atoms with Crippen LogP contribution in [0.25, 0.3) is 0 Å².